The molecular formula is C12H22BrNO2. The maximum absolute atomic E-state index is 11.9. The lowest BCUT2D eigenvalue weighted by molar-refractivity contribution is 0.0132. The fourth-order valence-corrected chi connectivity index (χ4v) is 2.69. The van der Waals surface area contributed by atoms with E-state index in [0.29, 0.717) is 11.8 Å². The Morgan fingerprint density at radius 2 is 2.12 bits per heavy atom. The van der Waals surface area contributed by atoms with Crippen LogP contribution in [0.1, 0.15) is 34.1 Å². The number of rotatable bonds is 1. The summed E-state index contributed by atoms with van der Waals surface area (Å²) in [6, 6.07) is 0. The maximum atomic E-state index is 11.9. The quantitative estimate of drug-likeness (QED) is 0.694. The first-order valence-corrected chi connectivity index (χ1v) is 6.99. The van der Waals surface area contributed by atoms with Gasteiger partial charge in [-0.1, -0.05) is 22.9 Å². The van der Waals surface area contributed by atoms with Crippen LogP contribution < -0.4 is 0 Å². The summed E-state index contributed by atoms with van der Waals surface area (Å²) >= 11 is 3.51. The summed E-state index contributed by atoms with van der Waals surface area (Å²) in [5, 5.41) is 0.952. The van der Waals surface area contributed by atoms with E-state index in [-0.39, 0.29) is 6.09 Å². The van der Waals surface area contributed by atoms with Crippen LogP contribution in [0.4, 0.5) is 4.79 Å². The smallest absolute Gasteiger partial charge is 0.410 e. The molecule has 1 aliphatic rings. The summed E-state index contributed by atoms with van der Waals surface area (Å²) in [6.45, 7) is 9.58. The lowest BCUT2D eigenvalue weighted by atomic mass is 9.89. The summed E-state index contributed by atoms with van der Waals surface area (Å²) in [6.07, 6.45) is 0.889. The summed E-state index contributed by atoms with van der Waals surface area (Å²) in [5.74, 6) is 1.22. The van der Waals surface area contributed by atoms with Gasteiger partial charge in [0.15, 0.2) is 0 Å². The third kappa shape index (κ3) is 3.96. The Morgan fingerprint density at radius 1 is 1.50 bits per heavy atom. The minimum Gasteiger partial charge on any atom is -0.444 e. The number of nitrogens with zero attached hydrogens (tertiary/aromatic N) is 1. The highest BCUT2D eigenvalue weighted by Gasteiger charge is 2.30. The molecule has 3 nitrogen and oxygen atoms in total. The van der Waals surface area contributed by atoms with Crippen molar-refractivity contribution in [3.05, 3.63) is 0 Å². The zero-order valence-corrected chi connectivity index (χ0v) is 12.2. The fourth-order valence-electron chi connectivity index (χ4n) is 1.84. The molecule has 4 heteroatoms. The van der Waals surface area contributed by atoms with Crippen molar-refractivity contribution in [1.29, 1.82) is 0 Å². The Hall–Kier alpha value is -0.250. The fraction of sp³-hybridized carbons (Fsp3) is 0.917. The standard InChI is InChI=1S/C12H22BrNO2/c1-9-5-6-14(8-10(9)7-13)11(15)16-12(2,3)4/h9-10H,5-8H2,1-4H3/t9-,10-/m1/s1. The third-order valence-corrected chi connectivity index (χ3v) is 3.80. The van der Waals surface area contributed by atoms with Crippen molar-refractivity contribution >= 4 is 22.0 Å². The molecule has 0 radical (unpaired) electrons. The van der Waals surface area contributed by atoms with E-state index in [2.05, 4.69) is 22.9 Å². The van der Waals surface area contributed by atoms with Crippen LogP contribution in [0.2, 0.25) is 0 Å². The van der Waals surface area contributed by atoms with E-state index in [4.69, 9.17) is 4.74 Å². The molecule has 0 unspecified atom stereocenters. The zero-order valence-electron chi connectivity index (χ0n) is 10.6. The molecule has 1 aliphatic heterocycles. The normalized spacial score (nSPS) is 26.7. The summed E-state index contributed by atoms with van der Waals surface area (Å²) in [7, 11) is 0. The van der Waals surface area contributed by atoms with Crippen LogP contribution in [0, 0.1) is 11.8 Å². The van der Waals surface area contributed by atoms with E-state index in [1.165, 1.54) is 0 Å². The summed E-state index contributed by atoms with van der Waals surface area (Å²) in [4.78, 5) is 13.7. The Bertz CT molecular complexity index is 250. The van der Waals surface area contributed by atoms with Crippen LogP contribution >= 0.6 is 15.9 Å². The van der Waals surface area contributed by atoms with E-state index in [1.807, 2.05) is 25.7 Å². The van der Waals surface area contributed by atoms with Crippen molar-refractivity contribution in [2.75, 3.05) is 18.4 Å². The molecule has 0 aliphatic carbocycles. The minimum absolute atomic E-state index is 0.176. The van der Waals surface area contributed by atoms with Crippen molar-refractivity contribution in [2.45, 2.75) is 39.7 Å². The van der Waals surface area contributed by atoms with Crippen LogP contribution in [0.3, 0.4) is 0 Å². The van der Waals surface area contributed by atoms with Gasteiger partial charge < -0.3 is 9.64 Å². The molecule has 0 aromatic carbocycles. The second-order valence-corrected chi connectivity index (χ2v) is 6.25. The average molecular weight is 292 g/mol. The molecule has 1 amide bonds. The van der Waals surface area contributed by atoms with Crippen molar-refractivity contribution in [3.8, 4) is 0 Å². The maximum Gasteiger partial charge on any atom is 0.410 e. The number of likely N-dealkylation sites (tertiary alicyclic amines) is 1. The van der Waals surface area contributed by atoms with Gasteiger partial charge >= 0.3 is 6.09 Å². The van der Waals surface area contributed by atoms with Gasteiger partial charge in [0.2, 0.25) is 0 Å². The topological polar surface area (TPSA) is 29.5 Å². The van der Waals surface area contributed by atoms with Gasteiger partial charge in [-0.15, -0.1) is 0 Å². The van der Waals surface area contributed by atoms with Gasteiger partial charge in [0.05, 0.1) is 0 Å². The molecule has 1 rings (SSSR count). The zero-order chi connectivity index (χ0) is 12.3. The lowest BCUT2D eigenvalue weighted by Gasteiger charge is -2.37. The average Bonchev–Trinajstić information content (AvgIpc) is 2.15. The van der Waals surface area contributed by atoms with Gasteiger partial charge in [-0.3, -0.25) is 0 Å². The summed E-state index contributed by atoms with van der Waals surface area (Å²) in [5.41, 5.74) is -0.399. The van der Waals surface area contributed by atoms with Crippen molar-refractivity contribution in [3.63, 3.8) is 0 Å². The number of hydrogen-bond donors (Lipinski definition) is 0. The van der Waals surface area contributed by atoms with Crippen LogP contribution in [-0.2, 0) is 4.74 Å². The predicted octanol–water partition coefficient (Wildman–Crippen LogP) is 3.27. The highest BCUT2D eigenvalue weighted by molar-refractivity contribution is 9.09. The van der Waals surface area contributed by atoms with E-state index in [9.17, 15) is 4.79 Å². The molecule has 0 aromatic heterocycles. The Morgan fingerprint density at radius 3 is 2.62 bits per heavy atom. The van der Waals surface area contributed by atoms with E-state index >= 15 is 0 Å². The molecule has 1 fully saturated rings. The van der Waals surface area contributed by atoms with E-state index in [0.717, 1.165) is 24.8 Å². The number of alkyl halides is 1. The molecule has 0 spiro atoms. The SMILES string of the molecule is C[C@@H]1CCN(C(=O)OC(C)(C)C)C[C@H]1CBr. The number of hydrogen-bond acceptors (Lipinski definition) is 2. The molecule has 94 valence electrons. The summed E-state index contributed by atoms with van der Waals surface area (Å²) < 4.78 is 5.38. The van der Waals surface area contributed by atoms with Gasteiger partial charge in [0, 0.05) is 18.4 Å². The molecule has 16 heavy (non-hydrogen) atoms. The largest absolute Gasteiger partial charge is 0.444 e. The molecule has 0 aromatic rings. The first kappa shape index (κ1) is 13.8. The molecule has 0 saturated carbocycles. The Balaban J connectivity index is 2.52. The number of carbonyl (C=O) groups excluding carboxylic acids is 1. The van der Waals surface area contributed by atoms with E-state index < -0.39 is 5.60 Å². The molecule has 1 saturated heterocycles. The lowest BCUT2D eigenvalue weighted by Crippen LogP contribution is -2.45. The molecular weight excluding hydrogens is 270 g/mol. The van der Waals surface area contributed by atoms with Crippen LogP contribution in [0.25, 0.3) is 0 Å². The molecule has 0 bridgehead atoms. The molecule has 1 heterocycles. The second kappa shape index (κ2) is 5.39. The molecule has 2 atom stereocenters. The number of halogens is 1. The second-order valence-electron chi connectivity index (χ2n) is 5.61. The van der Waals surface area contributed by atoms with Gasteiger partial charge in [0.1, 0.15) is 5.60 Å². The van der Waals surface area contributed by atoms with Crippen LogP contribution in [-0.4, -0.2) is 35.0 Å². The van der Waals surface area contributed by atoms with Crippen molar-refractivity contribution < 1.29 is 9.53 Å². The predicted molar refractivity (Wildman–Crippen MR) is 68.9 cm³/mol. The van der Waals surface area contributed by atoms with Gasteiger partial charge in [0.25, 0.3) is 0 Å². The van der Waals surface area contributed by atoms with Crippen LogP contribution in [0.15, 0.2) is 0 Å². The number of ether oxygens (including phenoxy) is 1. The van der Waals surface area contributed by atoms with Gasteiger partial charge in [-0.2, -0.15) is 0 Å². The first-order valence-electron chi connectivity index (χ1n) is 5.87. The number of amides is 1. The van der Waals surface area contributed by atoms with Crippen molar-refractivity contribution in [2.24, 2.45) is 11.8 Å². The van der Waals surface area contributed by atoms with Crippen LogP contribution in [0.5, 0.6) is 0 Å². The number of piperidine rings is 1. The van der Waals surface area contributed by atoms with Gasteiger partial charge in [-0.25, -0.2) is 4.79 Å². The van der Waals surface area contributed by atoms with E-state index in [1.54, 1.807) is 0 Å². The third-order valence-electron chi connectivity index (χ3n) is 2.96. The minimum atomic E-state index is -0.399. The van der Waals surface area contributed by atoms with Crippen molar-refractivity contribution in [1.82, 2.24) is 4.90 Å². The van der Waals surface area contributed by atoms with Gasteiger partial charge in [-0.05, 0) is 39.0 Å². The number of carbonyl (C=O) groups is 1. The highest BCUT2D eigenvalue weighted by atomic mass is 79.9. The molecule has 0 N–H and O–H groups in total. The highest BCUT2D eigenvalue weighted by Crippen LogP contribution is 2.25. The Labute approximate surface area is 107 Å². The monoisotopic (exact) mass is 291 g/mol. The Kier molecular flexibility index (Phi) is 4.65. The first-order chi connectivity index (χ1) is 7.33.